The molecule has 2 amide bonds. The lowest BCUT2D eigenvalue weighted by Gasteiger charge is -2.08. The van der Waals surface area contributed by atoms with Crippen molar-refractivity contribution in [3.8, 4) is 16.5 Å². The minimum Gasteiger partial charge on any atom is -0.484 e. The Labute approximate surface area is 183 Å². The van der Waals surface area contributed by atoms with Crippen LogP contribution >= 0.6 is 11.3 Å². The number of aromatic nitrogens is 2. The number of fused-ring (bicyclic) bond motifs is 1. The van der Waals surface area contributed by atoms with Crippen molar-refractivity contribution in [2.45, 2.75) is 19.9 Å². The minimum atomic E-state index is -0.446. The van der Waals surface area contributed by atoms with E-state index < -0.39 is 5.91 Å². The number of ether oxygens (including phenoxy) is 1. The molecule has 158 valence electrons. The van der Waals surface area contributed by atoms with Crippen LogP contribution in [0.1, 0.15) is 23.0 Å². The number of hydrogen-bond acceptors (Lipinski definition) is 5. The molecule has 2 aromatic carbocycles. The molecule has 0 saturated carbocycles. The van der Waals surface area contributed by atoms with Crippen LogP contribution < -0.4 is 15.6 Å². The second-order valence-electron chi connectivity index (χ2n) is 6.84. The first-order chi connectivity index (χ1) is 15.2. The van der Waals surface area contributed by atoms with Crippen LogP contribution in [-0.2, 0) is 11.3 Å². The first kappa shape index (κ1) is 20.6. The molecule has 2 heterocycles. The Hall–Kier alpha value is -3.65. The van der Waals surface area contributed by atoms with Gasteiger partial charge in [-0.15, -0.1) is 11.3 Å². The number of carbonyl (C=O) groups is 2. The Morgan fingerprint density at radius 2 is 1.77 bits per heavy atom. The largest absolute Gasteiger partial charge is 0.484 e. The standard InChI is InChI=1S/C23H22N4O3S/c1-2-14-27-18-11-7-6-10-17(18)24-22(27)19-12-13-20(31-19)23(29)26-25-21(28)15-30-16-8-4-3-5-9-16/h3-13H,2,14-15H2,1H3,(H,25,28)(H,26,29). The predicted octanol–water partition coefficient (Wildman–Crippen LogP) is 4.01. The third-order valence-electron chi connectivity index (χ3n) is 4.58. The van der Waals surface area contributed by atoms with Gasteiger partial charge in [0.05, 0.1) is 20.8 Å². The van der Waals surface area contributed by atoms with Gasteiger partial charge < -0.3 is 9.30 Å². The first-order valence-electron chi connectivity index (χ1n) is 9.98. The number of hydrogen-bond donors (Lipinski definition) is 2. The molecule has 7 nitrogen and oxygen atoms in total. The molecule has 0 unspecified atom stereocenters. The summed E-state index contributed by atoms with van der Waals surface area (Å²) in [7, 11) is 0. The molecule has 4 aromatic rings. The summed E-state index contributed by atoms with van der Waals surface area (Å²) in [5, 5.41) is 0. The topological polar surface area (TPSA) is 85.2 Å². The molecule has 4 rings (SSSR count). The smallest absolute Gasteiger partial charge is 0.279 e. The van der Waals surface area contributed by atoms with Gasteiger partial charge >= 0.3 is 0 Å². The lowest BCUT2D eigenvalue weighted by Crippen LogP contribution is -2.43. The van der Waals surface area contributed by atoms with Crippen LogP contribution in [-0.4, -0.2) is 28.0 Å². The highest BCUT2D eigenvalue weighted by Gasteiger charge is 2.16. The van der Waals surface area contributed by atoms with Crippen molar-refractivity contribution in [3.05, 3.63) is 71.6 Å². The Morgan fingerprint density at radius 1 is 1.00 bits per heavy atom. The van der Waals surface area contributed by atoms with E-state index in [2.05, 4.69) is 28.4 Å². The van der Waals surface area contributed by atoms with E-state index in [1.807, 2.05) is 42.5 Å². The Bertz CT molecular complexity index is 1200. The minimum absolute atomic E-state index is 0.193. The number of hydrazine groups is 1. The summed E-state index contributed by atoms with van der Waals surface area (Å²) in [6.45, 7) is 2.77. The summed E-state index contributed by atoms with van der Waals surface area (Å²) in [4.78, 5) is 30.5. The zero-order valence-corrected chi connectivity index (χ0v) is 17.8. The number of nitrogens with zero attached hydrogens (tertiary/aromatic N) is 2. The average Bonchev–Trinajstić information content (AvgIpc) is 3.42. The molecule has 0 fully saturated rings. The Morgan fingerprint density at radius 3 is 2.58 bits per heavy atom. The lowest BCUT2D eigenvalue weighted by molar-refractivity contribution is -0.123. The number of carbonyl (C=O) groups excluding carboxylic acids is 2. The molecular weight excluding hydrogens is 412 g/mol. The first-order valence-corrected chi connectivity index (χ1v) is 10.8. The van der Waals surface area contributed by atoms with Crippen LogP contribution in [0.4, 0.5) is 0 Å². The van der Waals surface area contributed by atoms with Crippen LogP contribution in [0.15, 0.2) is 66.7 Å². The predicted molar refractivity (Wildman–Crippen MR) is 121 cm³/mol. The SMILES string of the molecule is CCCn1c(-c2ccc(C(=O)NNC(=O)COc3ccccc3)s2)nc2ccccc21. The maximum atomic E-state index is 12.5. The molecule has 0 spiro atoms. The van der Waals surface area contributed by atoms with Crippen molar-refractivity contribution in [2.24, 2.45) is 0 Å². The van der Waals surface area contributed by atoms with E-state index in [-0.39, 0.29) is 12.5 Å². The van der Waals surface area contributed by atoms with Crippen LogP contribution in [0.3, 0.4) is 0 Å². The molecule has 31 heavy (non-hydrogen) atoms. The zero-order valence-electron chi connectivity index (χ0n) is 17.0. The van der Waals surface area contributed by atoms with Crippen molar-refractivity contribution in [1.82, 2.24) is 20.4 Å². The summed E-state index contributed by atoms with van der Waals surface area (Å²) < 4.78 is 7.53. The summed E-state index contributed by atoms with van der Waals surface area (Å²) in [5.74, 6) is 0.593. The van der Waals surface area contributed by atoms with Gasteiger partial charge in [-0.1, -0.05) is 37.3 Å². The van der Waals surface area contributed by atoms with Gasteiger partial charge in [-0.3, -0.25) is 20.4 Å². The van der Waals surface area contributed by atoms with Gasteiger partial charge in [-0.05, 0) is 42.8 Å². The highest BCUT2D eigenvalue weighted by Crippen LogP contribution is 2.30. The van der Waals surface area contributed by atoms with E-state index in [9.17, 15) is 9.59 Å². The van der Waals surface area contributed by atoms with Crippen molar-refractivity contribution in [1.29, 1.82) is 0 Å². The van der Waals surface area contributed by atoms with Gasteiger partial charge in [0.15, 0.2) is 12.4 Å². The number of imidazole rings is 1. The molecule has 0 radical (unpaired) electrons. The van der Waals surface area contributed by atoms with E-state index in [4.69, 9.17) is 9.72 Å². The van der Waals surface area contributed by atoms with E-state index in [0.717, 1.165) is 34.7 Å². The van der Waals surface area contributed by atoms with Crippen molar-refractivity contribution >= 4 is 34.2 Å². The summed E-state index contributed by atoms with van der Waals surface area (Å²) in [5.41, 5.74) is 6.81. The Kier molecular flexibility index (Phi) is 6.28. The third kappa shape index (κ3) is 4.75. The molecule has 0 aliphatic carbocycles. The zero-order chi connectivity index (χ0) is 21.6. The normalized spacial score (nSPS) is 10.7. The number of para-hydroxylation sites is 3. The van der Waals surface area contributed by atoms with Crippen LogP contribution in [0.25, 0.3) is 21.7 Å². The van der Waals surface area contributed by atoms with Gasteiger partial charge in [0.1, 0.15) is 5.75 Å². The van der Waals surface area contributed by atoms with Crippen molar-refractivity contribution in [2.75, 3.05) is 6.61 Å². The number of rotatable bonds is 7. The van der Waals surface area contributed by atoms with E-state index in [1.165, 1.54) is 11.3 Å². The second kappa shape index (κ2) is 9.44. The fraction of sp³-hybridized carbons (Fsp3) is 0.174. The molecule has 2 aromatic heterocycles. The molecule has 0 bridgehead atoms. The van der Waals surface area contributed by atoms with Crippen LogP contribution in [0.5, 0.6) is 5.75 Å². The van der Waals surface area contributed by atoms with Gasteiger partial charge in [0.25, 0.3) is 11.8 Å². The quantitative estimate of drug-likeness (QED) is 0.430. The molecule has 0 aliphatic rings. The summed E-state index contributed by atoms with van der Waals surface area (Å²) in [6, 6.07) is 20.6. The molecule has 0 saturated heterocycles. The molecule has 0 aliphatic heterocycles. The highest BCUT2D eigenvalue weighted by molar-refractivity contribution is 7.17. The fourth-order valence-electron chi connectivity index (χ4n) is 3.18. The molecular formula is C23H22N4O3S. The molecule has 2 N–H and O–H groups in total. The van der Waals surface area contributed by atoms with E-state index in [0.29, 0.717) is 10.6 Å². The van der Waals surface area contributed by atoms with Gasteiger partial charge in [-0.25, -0.2) is 4.98 Å². The maximum Gasteiger partial charge on any atom is 0.279 e. The van der Waals surface area contributed by atoms with E-state index >= 15 is 0 Å². The van der Waals surface area contributed by atoms with Gasteiger partial charge in [0.2, 0.25) is 0 Å². The van der Waals surface area contributed by atoms with Gasteiger partial charge in [0, 0.05) is 6.54 Å². The number of amides is 2. The summed E-state index contributed by atoms with van der Waals surface area (Å²) in [6.07, 6.45) is 0.975. The number of aryl methyl sites for hydroxylation is 1. The number of benzene rings is 2. The van der Waals surface area contributed by atoms with Crippen molar-refractivity contribution in [3.63, 3.8) is 0 Å². The van der Waals surface area contributed by atoms with E-state index in [1.54, 1.807) is 18.2 Å². The number of thiophene rings is 1. The highest BCUT2D eigenvalue weighted by atomic mass is 32.1. The van der Waals surface area contributed by atoms with Crippen LogP contribution in [0.2, 0.25) is 0 Å². The fourth-order valence-corrected chi connectivity index (χ4v) is 4.08. The molecule has 0 atom stereocenters. The molecule has 8 heteroatoms. The lowest BCUT2D eigenvalue weighted by atomic mass is 10.3. The third-order valence-corrected chi connectivity index (χ3v) is 5.66. The van der Waals surface area contributed by atoms with Gasteiger partial charge in [-0.2, -0.15) is 0 Å². The Balaban J connectivity index is 1.40. The maximum absolute atomic E-state index is 12.5. The van der Waals surface area contributed by atoms with Crippen molar-refractivity contribution < 1.29 is 14.3 Å². The monoisotopic (exact) mass is 434 g/mol. The summed E-state index contributed by atoms with van der Waals surface area (Å²) >= 11 is 1.33. The number of nitrogens with one attached hydrogen (secondary N) is 2. The van der Waals surface area contributed by atoms with Crippen LogP contribution in [0, 0.1) is 0 Å². The average molecular weight is 435 g/mol. The second-order valence-corrected chi connectivity index (χ2v) is 7.93.